The summed E-state index contributed by atoms with van der Waals surface area (Å²) in [7, 11) is 0. The van der Waals surface area contributed by atoms with Gasteiger partial charge in [-0.3, -0.25) is 4.79 Å². The Morgan fingerprint density at radius 1 is 1.32 bits per heavy atom. The summed E-state index contributed by atoms with van der Waals surface area (Å²) in [6, 6.07) is 2.23. The van der Waals surface area contributed by atoms with Crippen LogP contribution in [0.2, 0.25) is 0 Å². The zero-order valence-electron chi connectivity index (χ0n) is 11.8. The largest absolute Gasteiger partial charge is 0.416 e. The van der Waals surface area contributed by atoms with Crippen LogP contribution in [0.5, 0.6) is 0 Å². The van der Waals surface area contributed by atoms with Crippen molar-refractivity contribution in [2.75, 3.05) is 0 Å². The van der Waals surface area contributed by atoms with Crippen LogP contribution in [0.1, 0.15) is 36.8 Å². The average molecular weight is 319 g/mol. The number of rotatable bonds is 3. The molecule has 0 bridgehead atoms. The lowest BCUT2D eigenvalue weighted by Gasteiger charge is -2.25. The molecule has 2 atom stereocenters. The van der Waals surface area contributed by atoms with Crippen LogP contribution in [0.15, 0.2) is 18.2 Å². The van der Waals surface area contributed by atoms with Crippen LogP contribution in [-0.4, -0.2) is 17.1 Å². The molecule has 1 fully saturated rings. The molecule has 0 unspecified atom stereocenters. The molecule has 1 aromatic rings. The fourth-order valence-electron chi connectivity index (χ4n) is 2.60. The average Bonchev–Trinajstić information content (AvgIpc) is 2.44. The van der Waals surface area contributed by atoms with E-state index in [-0.39, 0.29) is 23.9 Å². The van der Waals surface area contributed by atoms with Crippen molar-refractivity contribution in [3.8, 4) is 0 Å². The van der Waals surface area contributed by atoms with E-state index in [1.165, 1.54) is 0 Å². The molecular weight excluding hydrogens is 302 g/mol. The number of nitrogens with one attached hydrogen (secondary N) is 1. The number of benzene rings is 1. The normalized spacial score (nSPS) is 22.4. The molecule has 7 heteroatoms. The SMILES string of the molecule is O=C(NCc1ccc(C(F)(F)F)cc1F)[C@@H]1CCC[C@H](O)C1. The first-order chi connectivity index (χ1) is 10.3. The van der Waals surface area contributed by atoms with Crippen molar-refractivity contribution in [2.24, 2.45) is 5.92 Å². The lowest BCUT2D eigenvalue weighted by Crippen LogP contribution is -2.34. The molecule has 122 valence electrons. The molecule has 2 N–H and O–H groups in total. The Balaban J connectivity index is 1.95. The number of aliphatic hydroxyl groups is 1. The van der Waals surface area contributed by atoms with Crippen molar-refractivity contribution in [3.63, 3.8) is 0 Å². The van der Waals surface area contributed by atoms with Gasteiger partial charge in [-0.1, -0.05) is 12.5 Å². The molecule has 0 saturated heterocycles. The summed E-state index contributed by atoms with van der Waals surface area (Å²) in [6.07, 6.45) is -2.68. The maximum Gasteiger partial charge on any atom is 0.416 e. The Kier molecular flexibility index (Phi) is 5.05. The lowest BCUT2D eigenvalue weighted by molar-refractivity contribution is -0.137. The summed E-state index contributed by atoms with van der Waals surface area (Å²) >= 11 is 0. The summed E-state index contributed by atoms with van der Waals surface area (Å²) in [4.78, 5) is 11.9. The maximum atomic E-state index is 13.6. The molecule has 1 saturated carbocycles. The van der Waals surface area contributed by atoms with Crippen LogP contribution in [-0.2, 0) is 17.5 Å². The monoisotopic (exact) mass is 319 g/mol. The molecule has 0 aromatic heterocycles. The van der Waals surface area contributed by atoms with Gasteiger partial charge in [-0.15, -0.1) is 0 Å². The fraction of sp³-hybridized carbons (Fsp3) is 0.533. The van der Waals surface area contributed by atoms with E-state index in [1.54, 1.807) is 0 Å². The van der Waals surface area contributed by atoms with E-state index in [9.17, 15) is 27.5 Å². The Bertz CT molecular complexity index is 545. The van der Waals surface area contributed by atoms with Crippen LogP contribution < -0.4 is 5.32 Å². The summed E-state index contributed by atoms with van der Waals surface area (Å²) in [5.74, 6) is -1.64. The number of aliphatic hydroxyl groups excluding tert-OH is 1. The van der Waals surface area contributed by atoms with Crippen molar-refractivity contribution >= 4 is 5.91 Å². The standard InChI is InChI=1S/C15H17F4NO2/c16-13-7-11(15(17,18)19)5-4-10(13)8-20-14(22)9-2-1-3-12(21)6-9/h4-5,7,9,12,21H,1-3,6,8H2,(H,20,22)/t9-,12+/m1/s1. The summed E-state index contributed by atoms with van der Waals surface area (Å²) in [6.45, 7) is -0.171. The Hall–Kier alpha value is -1.63. The molecule has 3 nitrogen and oxygen atoms in total. The Morgan fingerprint density at radius 3 is 2.64 bits per heavy atom. The van der Waals surface area contributed by atoms with E-state index in [0.29, 0.717) is 25.3 Å². The molecule has 22 heavy (non-hydrogen) atoms. The van der Waals surface area contributed by atoms with Gasteiger partial charge in [0, 0.05) is 18.0 Å². The van der Waals surface area contributed by atoms with Crippen LogP contribution in [0, 0.1) is 11.7 Å². The lowest BCUT2D eigenvalue weighted by atomic mass is 9.86. The number of hydrogen-bond donors (Lipinski definition) is 2. The first-order valence-corrected chi connectivity index (χ1v) is 7.09. The van der Waals surface area contributed by atoms with Gasteiger partial charge in [0.15, 0.2) is 0 Å². The van der Waals surface area contributed by atoms with E-state index in [1.807, 2.05) is 0 Å². The van der Waals surface area contributed by atoms with E-state index < -0.39 is 23.7 Å². The molecule has 1 aliphatic carbocycles. The van der Waals surface area contributed by atoms with Gasteiger partial charge in [0.1, 0.15) is 5.82 Å². The topological polar surface area (TPSA) is 49.3 Å². The third kappa shape index (κ3) is 4.19. The third-order valence-corrected chi connectivity index (χ3v) is 3.85. The van der Waals surface area contributed by atoms with E-state index >= 15 is 0 Å². The highest BCUT2D eigenvalue weighted by Gasteiger charge is 2.31. The highest BCUT2D eigenvalue weighted by Crippen LogP contribution is 2.30. The number of carbonyl (C=O) groups is 1. The Morgan fingerprint density at radius 2 is 2.05 bits per heavy atom. The number of hydrogen-bond acceptors (Lipinski definition) is 2. The van der Waals surface area contributed by atoms with E-state index in [4.69, 9.17) is 0 Å². The first-order valence-electron chi connectivity index (χ1n) is 7.09. The molecular formula is C15H17F4NO2. The summed E-state index contributed by atoms with van der Waals surface area (Å²) in [5, 5.41) is 12.0. The van der Waals surface area contributed by atoms with Crippen molar-refractivity contribution in [1.29, 1.82) is 0 Å². The number of halogens is 4. The predicted molar refractivity (Wildman–Crippen MR) is 71.2 cm³/mol. The number of alkyl halides is 3. The minimum atomic E-state index is -4.60. The molecule has 0 radical (unpaired) electrons. The highest BCUT2D eigenvalue weighted by atomic mass is 19.4. The minimum Gasteiger partial charge on any atom is -0.393 e. The first kappa shape index (κ1) is 16.7. The zero-order valence-corrected chi connectivity index (χ0v) is 11.8. The van der Waals surface area contributed by atoms with Gasteiger partial charge >= 0.3 is 6.18 Å². The van der Waals surface area contributed by atoms with Gasteiger partial charge in [0.2, 0.25) is 5.91 Å². The van der Waals surface area contributed by atoms with Crippen LogP contribution in [0.25, 0.3) is 0 Å². The zero-order chi connectivity index (χ0) is 16.3. The minimum absolute atomic E-state index is 0.00212. The quantitative estimate of drug-likeness (QED) is 0.842. The smallest absolute Gasteiger partial charge is 0.393 e. The second kappa shape index (κ2) is 6.64. The second-order valence-electron chi connectivity index (χ2n) is 5.54. The summed E-state index contributed by atoms with van der Waals surface area (Å²) < 4.78 is 50.9. The van der Waals surface area contributed by atoms with Gasteiger partial charge in [-0.2, -0.15) is 13.2 Å². The molecule has 1 amide bonds. The van der Waals surface area contributed by atoms with Gasteiger partial charge in [0.25, 0.3) is 0 Å². The van der Waals surface area contributed by atoms with Crippen LogP contribution >= 0.6 is 0 Å². The van der Waals surface area contributed by atoms with Gasteiger partial charge < -0.3 is 10.4 Å². The van der Waals surface area contributed by atoms with Crippen molar-refractivity contribution in [3.05, 3.63) is 35.1 Å². The second-order valence-corrected chi connectivity index (χ2v) is 5.54. The van der Waals surface area contributed by atoms with E-state index in [2.05, 4.69) is 5.32 Å². The Labute approximate surface area is 125 Å². The van der Waals surface area contributed by atoms with Crippen molar-refractivity contribution in [1.82, 2.24) is 5.32 Å². The number of amides is 1. The molecule has 0 spiro atoms. The van der Waals surface area contributed by atoms with Gasteiger partial charge in [-0.05, 0) is 31.4 Å². The van der Waals surface area contributed by atoms with E-state index in [0.717, 1.165) is 18.6 Å². The molecule has 1 aromatic carbocycles. The third-order valence-electron chi connectivity index (χ3n) is 3.85. The van der Waals surface area contributed by atoms with Crippen molar-refractivity contribution < 1.29 is 27.5 Å². The maximum absolute atomic E-state index is 13.6. The molecule has 1 aliphatic rings. The highest BCUT2D eigenvalue weighted by molar-refractivity contribution is 5.78. The van der Waals surface area contributed by atoms with Crippen LogP contribution in [0.3, 0.4) is 0 Å². The summed E-state index contributed by atoms with van der Waals surface area (Å²) in [5.41, 5.74) is -1.06. The number of carbonyl (C=O) groups excluding carboxylic acids is 1. The van der Waals surface area contributed by atoms with Gasteiger partial charge in [-0.25, -0.2) is 4.39 Å². The predicted octanol–water partition coefficient (Wildman–Crippen LogP) is 3.01. The van der Waals surface area contributed by atoms with Crippen molar-refractivity contribution in [2.45, 2.75) is 44.5 Å². The molecule has 0 heterocycles. The van der Waals surface area contributed by atoms with Gasteiger partial charge in [0.05, 0.1) is 11.7 Å². The van der Waals surface area contributed by atoms with Crippen LogP contribution in [0.4, 0.5) is 17.6 Å². The fourth-order valence-corrected chi connectivity index (χ4v) is 2.60. The molecule has 0 aliphatic heterocycles. The molecule has 2 rings (SSSR count).